The third kappa shape index (κ3) is 3.74. The van der Waals surface area contributed by atoms with Crippen LogP contribution in [0.3, 0.4) is 0 Å². The van der Waals surface area contributed by atoms with E-state index in [2.05, 4.69) is 4.74 Å². The van der Waals surface area contributed by atoms with Crippen LogP contribution in [0.25, 0.3) is 0 Å². The first-order valence-corrected chi connectivity index (χ1v) is 8.19. The smallest absolute Gasteiger partial charge is 0.337 e. The summed E-state index contributed by atoms with van der Waals surface area (Å²) >= 11 is 0. The van der Waals surface area contributed by atoms with Crippen molar-refractivity contribution >= 4 is 21.7 Å². The molecule has 0 atom stereocenters. The molecule has 0 heterocycles. The van der Waals surface area contributed by atoms with Crippen LogP contribution in [0.2, 0.25) is 0 Å². The molecular weight excluding hydrogens is 292 g/mol. The van der Waals surface area contributed by atoms with Gasteiger partial charge in [0, 0.05) is 12.6 Å². The summed E-state index contributed by atoms with van der Waals surface area (Å²) in [6, 6.07) is 3.90. The molecule has 1 aromatic carbocycles. The fraction of sp³-hybridized carbons (Fsp3) is 0.500. The van der Waals surface area contributed by atoms with Crippen LogP contribution in [-0.2, 0) is 14.8 Å². The van der Waals surface area contributed by atoms with Crippen molar-refractivity contribution in [2.24, 2.45) is 0 Å². The van der Waals surface area contributed by atoms with Crippen LogP contribution in [-0.4, -0.2) is 38.4 Å². The molecule has 0 aromatic heterocycles. The number of carbonyl (C=O) groups excluding carboxylic acids is 1. The summed E-state index contributed by atoms with van der Waals surface area (Å²) in [5.41, 5.74) is 6.08. The third-order valence-corrected chi connectivity index (χ3v) is 5.19. The van der Waals surface area contributed by atoms with E-state index in [9.17, 15) is 13.2 Å². The number of hydrogen-bond acceptors (Lipinski definition) is 5. The number of nitrogens with two attached hydrogens (primary N) is 1. The Morgan fingerprint density at radius 2 is 2.00 bits per heavy atom. The van der Waals surface area contributed by atoms with Gasteiger partial charge in [0.15, 0.2) is 0 Å². The topological polar surface area (TPSA) is 89.7 Å². The Balaban J connectivity index is 3.28. The van der Waals surface area contributed by atoms with E-state index >= 15 is 0 Å². The highest BCUT2D eigenvalue weighted by Crippen LogP contribution is 2.25. The zero-order valence-corrected chi connectivity index (χ0v) is 13.6. The molecule has 1 aromatic rings. The highest BCUT2D eigenvalue weighted by Gasteiger charge is 2.28. The monoisotopic (exact) mass is 314 g/mol. The molecule has 0 bridgehead atoms. The molecule has 0 spiro atoms. The maximum absolute atomic E-state index is 12.7. The van der Waals surface area contributed by atoms with Crippen LogP contribution >= 0.6 is 0 Å². The number of benzene rings is 1. The normalized spacial score (nSPS) is 11.9. The SMILES string of the molecule is CCCN(C(C)C)S(=O)(=O)c1ccc(C(=O)OC)cc1N. The minimum atomic E-state index is -3.69. The van der Waals surface area contributed by atoms with Crippen LogP contribution in [0.1, 0.15) is 37.6 Å². The molecule has 0 radical (unpaired) electrons. The van der Waals surface area contributed by atoms with Crippen molar-refractivity contribution < 1.29 is 17.9 Å². The van der Waals surface area contributed by atoms with E-state index in [1.165, 1.54) is 29.6 Å². The molecule has 0 aliphatic rings. The maximum atomic E-state index is 12.7. The molecule has 0 aliphatic heterocycles. The van der Waals surface area contributed by atoms with Gasteiger partial charge >= 0.3 is 5.97 Å². The Hall–Kier alpha value is -1.60. The summed E-state index contributed by atoms with van der Waals surface area (Å²) in [6.07, 6.45) is 0.706. The lowest BCUT2D eigenvalue weighted by molar-refractivity contribution is 0.0600. The van der Waals surface area contributed by atoms with Crippen molar-refractivity contribution in [1.82, 2.24) is 4.31 Å². The van der Waals surface area contributed by atoms with E-state index in [0.717, 1.165) is 0 Å². The molecule has 2 N–H and O–H groups in total. The number of rotatable bonds is 6. The highest BCUT2D eigenvalue weighted by atomic mass is 32.2. The summed E-state index contributed by atoms with van der Waals surface area (Å²) in [5.74, 6) is -0.556. The van der Waals surface area contributed by atoms with E-state index in [1.54, 1.807) is 0 Å². The van der Waals surface area contributed by atoms with E-state index in [4.69, 9.17) is 5.73 Å². The van der Waals surface area contributed by atoms with Crippen molar-refractivity contribution in [3.8, 4) is 0 Å². The number of anilines is 1. The van der Waals surface area contributed by atoms with Crippen molar-refractivity contribution in [2.75, 3.05) is 19.4 Å². The number of ether oxygens (including phenoxy) is 1. The number of nitrogens with zero attached hydrogens (tertiary/aromatic N) is 1. The molecule has 1 rings (SSSR count). The van der Waals surface area contributed by atoms with E-state index in [1.807, 2.05) is 20.8 Å². The predicted molar refractivity (Wildman–Crippen MR) is 81.5 cm³/mol. The standard InChI is InChI=1S/C14H22N2O4S/c1-5-8-16(10(2)3)21(18,19)13-7-6-11(9-12(13)15)14(17)20-4/h6-7,9-10H,5,8,15H2,1-4H3. The van der Waals surface area contributed by atoms with Gasteiger partial charge in [-0.1, -0.05) is 6.92 Å². The zero-order chi connectivity index (χ0) is 16.2. The molecule has 0 saturated carbocycles. The third-order valence-electron chi connectivity index (χ3n) is 3.04. The Kier molecular flexibility index (Phi) is 5.74. The van der Waals surface area contributed by atoms with Gasteiger partial charge in [-0.2, -0.15) is 4.31 Å². The molecular formula is C14H22N2O4S. The average molecular weight is 314 g/mol. The summed E-state index contributed by atoms with van der Waals surface area (Å²) in [5, 5.41) is 0. The van der Waals surface area contributed by atoms with Gasteiger partial charge in [0.2, 0.25) is 10.0 Å². The second-order valence-corrected chi connectivity index (χ2v) is 6.81. The number of esters is 1. The minimum absolute atomic E-state index is 0.0114. The lowest BCUT2D eigenvalue weighted by atomic mass is 10.2. The van der Waals surface area contributed by atoms with Crippen molar-refractivity contribution in [2.45, 2.75) is 38.1 Å². The van der Waals surface area contributed by atoms with Crippen molar-refractivity contribution in [3.63, 3.8) is 0 Å². The van der Waals surface area contributed by atoms with Crippen LogP contribution < -0.4 is 5.73 Å². The fourth-order valence-electron chi connectivity index (χ4n) is 2.03. The van der Waals surface area contributed by atoms with Crippen molar-refractivity contribution in [1.29, 1.82) is 0 Å². The number of methoxy groups -OCH3 is 1. The lowest BCUT2D eigenvalue weighted by Gasteiger charge is -2.26. The molecule has 118 valence electrons. The molecule has 7 heteroatoms. The summed E-state index contributed by atoms with van der Waals surface area (Å²) in [6.45, 7) is 5.95. The van der Waals surface area contributed by atoms with Crippen molar-refractivity contribution in [3.05, 3.63) is 23.8 Å². The van der Waals surface area contributed by atoms with Crippen LogP contribution in [0.5, 0.6) is 0 Å². The number of sulfonamides is 1. The van der Waals surface area contributed by atoms with E-state index < -0.39 is 16.0 Å². The van der Waals surface area contributed by atoms with Gasteiger partial charge in [0.25, 0.3) is 0 Å². The lowest BCUT2D eigenvalue weighted by Crippen LogP contribution is -2.37. The minimum Gasteiger partial charge on any atom is -0.465 e. The van der Waals surface area contributed by atoms with Gasteiger partial charge in [-0.25, -0.2) is 13.2 Å². The average Bonchev–Trinajstić information content (AvgIpc) is 2.42. The van der Waals surface area contributed by atoms with Gasteiger partial charge in [0.05, 0.1) is 18.4 Å². The predicted octanol–water partition coefficient (Wildman–Crippen LogP) is 1.86. The molecule has 21 heavy (non-hydrogen) atoms. The molecule has 0 amide bonds. The number of nitrogen functional groups attached to an aromatic ring is 1. The Morgan fingerprint density at radius 1 is 1.38 bits per heavy atom. The maximum Gasteiger partial charge on any atom is 0.337 e. The van der Waals surface area contributed by atoms with Gasteiger partial charge in [-0.05, 0) is 38.5 Å². The van der Waals surface area contributed by atoms with Crippen LogP contribution in [0.15, 0.2) is 23.1 Å². The highest BCUT2D eigenvalue weighted by molar-refractivity contribution is 7.89. The summed E-state index contributed by atoms with van der Waals surface area (Å²) in [7, 11) is -2.43. The zero-order valence-electron chi connectivity index (χ0n) is 12.8. The van der Waals surface area contributed by atoms with Crippen LogP contribution in [0, 0.1) is 0 Å². The summed E-state index contributed by atoms with van der Waals surface area (Å²) < 4.78 is 31.3. The van der Waals surface area contributed by atoms with Crippen LogP contribution in [0.4, 0.5) is 5.69 Å². The Bertz CT molecular complexity index is 611. The van der Waals surface area contributed by atoms with Gasteiger partial charge in [-0.15, -0.1) is 0 Å². The molecule has 0 fully saturated rings. The van der Waals surface area contributed by atoms with E-state index in [-0.39, 0.29) is 22.2 Å². The molecule has 0 saturated heterocycles. The molecule has 6 nitrogen and oxygen atoms in total. The Morgan fingerprint density at radius 3 is 2.43 bits per heavy atom. The quantitative estimate of drug-likeness (QED) is 0.639. The first-order valence-electron chi connectivity index (χ1n) is 6.75. The second kappa shape index (κ2) is 6.91. The van der Waals surface area contributed by atoms with Gasteiger partial charge in [0.1, 0.15) is 4.90 Å². The fourth-order valence-corrected chi connectivity index (χ4v) is 3.86. The first-order chi connectivity index (χ1) is 9.75. The number of hydrogen-bond donors (Lipinski definition) is 1. The molecule has 0 unspecified atom stereocenters. The van der Waals surface area contributed by atoms with E-state index in [0.29, 0.717) is 13.0 Å². The summed E-state index contributed by atoms with van der Waals surface area (Å²) in [4.78, 5) is 11.4. The Labute approximate surface area is 125 Å². The second-order valence-electron chi connectivity index (χ2n) is 4.95. The number of carbonyl (C=O) groups is 1. The first kappa shape index (κ1) is 17.5. The van der Waals surface area contributed by atoms with Gasteiger partial charge < -0.3 is 10.5 Å². The molecule has 0 aliphatic carbocycles. The largest absolute Gasteiger partial charge is 0.465 e. The van der Waals surface area contributed by atoms with Gasteiger partial charge in [-0.3, -0.25) is 0 Å².